The summed E-state index contributed by atoms with van der Waals surface area (Å²) in [5.74, 6) is -3.51. The number of hydrogen-bond acceptors (Lipinski definition) is 12. The molecule has 60 heavy (non-hydrogen) atoms. The Hall–Kier alpha value is -5.98. The molecule has 2 aromatic heterocycles. The van der Waals surface area contributed by atoms with Crippen LogP contribution in [0.5, 0.6) is 0 Å². The molecule has 0 radical (unpaired) electrons. The number of hydrogen-bond donors (Lipinski definition) is 0. The van der Waals surface area contributed by atoms with Crippen LogP contribution in [0.4, 0.5) is 10.0 Å². The molecule has 4 atom stereocenters. The van der Waals surface area contributed by atoms with Gasteiger partial charge < -0.3 is 9.47 Å². The minimum Gasteiger partial charge on any atom is -0.457 e. The van der Waals surface area contributed by atoms with Crippen molar-refractivity contribution in [1.82, 2.24) is 0 Å². The van der Waals surface area contributed by atoms with Crippen LogP contribution in [-0.4, -0.2) is 46.5 Å². The Morgan fingerprint density at radius 1 is 0.500 bits per heavy atom. The standard InChI is InChI=1S/C48H38N2O8S2/c51-41-27-15-7-8-16-28(27)42(52)39(41)49-37-21-33-35(47(55)57-23-25-11-3-1-4-12-25)19-31-32(45(33)59-37)20-36(48(56)58-24-26-13-5-2-6-14-26)34-22-38(60-46(31)34)50-40-43(53)29-17-9-10-18-30(29)44(40)54/h1-6,11-14,19-22,27-30H,7-10,15-18,23-24H2. The van der Waals surface area contributed by atoms with Gasteiger partial charge in [-0.25, -0.2) is 19.6 Å². The Kier molecular flexibility index (Phi) is 9.92. The lowest BCUT2D eigenvalue weighted by Gasteiger charge is -2.20. The summed E-state index contributed by atoms with van der Waals surface area (Å²) in [5.41, 5.74) is 1.97. The number of rotatable bonds is 8. The van der Waals surface area contributed by atoms with E-state index in [1.54, 1.807) is 24.3 Å². The summed E-state index contributed by atoms with van der Waals surface area (Å²) in [6.45, 7) is 0.0488. The number of fused-ring (bicyclic) bond motifs is 7. The zero-order chi connectivity index (χ0) is 41.1. The summed E-state index contributed by atoms with van der Waals surface area (Å²) in [7, 11) is 0. The van der Waals surface area contributed by atoms with E-state index in [2.05, 4.69) is 9.98 Å². The highest BCUT2D eigenvalue weighted by molar-refractivity contribution is 7.25. The van der Waals surface area contributed by atoms with Gasteiger partial charge >= 0.3 is 11.9 Å². The van der Waals surface area contributed by atoms with Crippen LogP contribution in [0.25, 0.3) is 30.9 Å². The predicted octanol–water partition coefficient (Wildman–Crippen LogP) is 10.0. The van der Waals surface area contributed by atoms with Gasteiger partial charge in [0.2, 0.25) is 0 Å². The first kappa shape index (κ1) is 38.2. The van der Waals surface area contributed by atoms with Crippen molar-refractivity contribution >= 4 is 110 Å². The molecule has 12 heteroatoms. The van der Waals surface area contributed by atoms with Crippen molar-refractivity contribution in [2.45, 2.75) is 64.6 Å². The molecule has 2 heterocycles. The fraction of sp³-hybridized carbons (Fsp3) is 0.292. The van der Waals surface area contributed by atoms with Crippen LogP contribution < -0.4 is 0 Å². The van der Waals surface area contributed by atoms with Crippen molar-refractivity contribution in [3.05, 3.63) is 107 Å². The zero-order valence-corrected chi connectivity index (χ0v) is 34.1. The third-order valence-electron chi connectivity index (χ3n) is 12.5. The number of thiophene rings is 2. The molecule has 0 saturated heterocycles. The highest BCUT2D eigenvalue weighted by Crippen LogP contribution is 2.47. The molecular formula is C48H38N2O8S2. The molecule has 4 aliphatic carbocycles. The van der Waals surface area contributed by atoms with Crippen LogP contribution in [0.3, 0.4) is 0 Å². The molecule has 0 spiro atoms. The first-order valence-electron chi connectivity index (χ1n) is 20.5. The maximum absolute atomic E-state index is 14.1. The van der Waals surface area contributed by atoms with Crippen molar-refractivity contribution in [2.75, 3.05) is 0 Å². The lowest BCUT2D eigenvalue weighted by atomic mass is 9.81. The van der Waals surface area contributed by atoms with E-state index in [4.69, 9.17) is 9.47 Å². The van der Waals surface area contributed by atoms with Gasteiger partial charge in [0.25, 0.3) is 0 Å². The van der Waals surface area contributed by atoms with Crippen molar-refractivity contribution in [1.29, 1.82) is 0 Å². The van der Waals surface area contributed by atoms with Gasteiger partial charge in [-0.1, -0.05) is 86.3 Å². The second-order valence-electron chi connectivity index (χ2n) is 16.1. The molecule has 4 fully saturated rings. The average molecular weight is 835 g/mol. The number of ether oxygens (including phenoxy) is 2. The molecule has 4 aromatic carbocycles. The monoisotopic (exact) mass is 834 g/mol. The smallest absolute Gasteiger partial charge is 0.339 e. The van der Waals surface area contributed by atoms with E-state index in [0.29, 0.717) is 66.6 Å². The fourth-order valence-corrected chi connectivity index (χ4v) is 11.6. The molecule has 6 aromatic rings. The number of ketones is 4. The lowest BCUT2D eigenvalue weighted by Crippen LogP contribution is -2.21. The molecule has 4 saturated carbocycles. The number of benzene rings is 4. The highest BCUT2D eigenvalue weighted by atomic mass is 32.1. The second-order valence-corrected chi connectivity index (χ2v) is 18.2. The predicted molar refractivity (Wildman–Crippen MR) is 231 cm³/mol. The molecule has 0 aliphatic heterocycles. The number of carbonyl (C=O) groups excluding carboxylic acids is 6. The average Bonchev–Trinajstić information content (AvgIpc) is 4.03. The third kappa shape index (κ3) is 6.71. The molecule has 0 N–H and O–H groups in total. The SMILES string of the molecule is O=C(OCc1ccccc1)c1cc2c(cc(C(=O)OCc3ccccc3)c3cc(N=C4C(=O)C5CCCCC5C4=O)sc32)c2sc(N=C3C(=O)C4CCCCC4C3=O)cc12. The Labute approximate surface area is 352 Å². The minimum atomic E-state index is -0.594. The van der Waals surface area contributed by atoms with Crippen LogP contribution in [0, 0.1) is 23.7 Å². The van der Waals surface area contributed by atoms with Crippen molar-refractivity contribution < 1.29 is 38.2 Å². The largest absolute Gasteiger partial charge is 0.457 e. The van der Waals surface area contributed by atoms with Gasteiger partial charge in [0.15, 0.2) is 34.6 Å². The number of esters is 2. The van der Waals surface area contributed by atoms with Gasteiger partial charge in [0.1, 0.15) is 23.2 Å². The van der Waals surface area contributed by atoms with E-state index in [9.17, 15) is 28.8 Å². The third-order valence-corrected chi connectivity index (χ3v) is 14.6. The molecule has 0 bridgehead atoms. The van der Waals surface area contributed by atoms with Crippen molar-refractivity contribution in [2.24, 2.45) is 33.7 Å². The summed E-state index contributed by atoms with van der Waals surface area (Å²) in [6.07, 6.45) is 6.25. The fourth-order valence-electron chi connectivity index (χ4n) is 9.48. The van der Waals surface area contributed by atoms with Gasteiger partial charge in [-0.05, 0) is 61.1 Å². The Bertz CT molecular complexity index is 2630. The van der Waals surface area contributed by atoms with Gasteiger partial charge in [0.05, 0.1) is 11.1 Å². The Balaban J connectivity index is 1.15. The topological polar surface area (TPSA) is 146 Å². The van der Waals surface area contributed by atoms with E-state index in [1.807, 2.05) is 60.7 Å². The summed E-state index contributed by atoms with van der Waals surface area (Å²) in [5, 5.41) is 2.94. The minimum absolute atomic E-state index is 0.0244. The number of aliphatic imine (C=N–C) groups is 2. The van der Waals surface area contributed by atoms with Crippen LogP contribution >= 0.6 is 22.7 Å². The number of Topliss-reactive ketones (excluding diaryl/α,β-unsaturated/α-hetero) is 4. The summed E-state index contributed by atoms with van der Waals surface area (Å²) in [4.78, 5) is 91.7. The van der Waals surface area contributed by atoms with Crippen LogP contribution in [-0.2, 0) is 41.9 Å². The molecule has 0 amide bonds. The quantitative estimate of drug-likeness (QED) is 0.138. The second kappa shape index (κ2) is 15.6. The molecular weight excluding hydrogens is 797 g/mol. The van der Waals surface area contributed by atoms with E-state index in [0.717, 1.165) is 36.8 Å². The van der Waals surface area contributed by atoms with Crippen LogP contribution in [0.15, 0.2) is 94.9 Å². The van der Waals surface area contributed by atoms with E-state index < -0.39 is 11.9 Å². The normalized spacial score (nSPS) is 21.5. The summed E-state index contributed by atoms with van der Waals surface area (Å²) in [6, 6.07) is 25.5. The van der Waals surface area contributed by atoms with Crippen molar-refractivity contribution in [3.8, 4) is 0 Å². The van der Waals surface area contributed by atoms with Crippen molar-refractivity contribution in [3.63, 3.8) is 0 Å². The van der Waals surface area contributed by atoms with Crippen LogP contribution in [0.1, 0.15) is 83.2 Å². The highest BCUT2D eigenvalue weighted by Gasteiger charge is 2.48. The lowest BCUT2D eigenvalue weighted by molar-refractivity contribution is -0.120. The van der Waals surface area contributed by atoms with Gasteiger partial charge in [-0.3, -0.25) is 19.2 Å². The van der Waals surface area contributed by atoms with Gasteiger partial charge in [-0.15, -0.1) is 22.7 Å². The number of carbonyl (C=O) groups is 6. The van der Waals surface area contributed by atoms with Gasteiger partial charge in [0, 0.05) is 54.6 Å². The van der Waals surface area contributed by atoms with Gasteiger partial charge in [-0.2, -0.15) is 0 Å². The summed E-state index contributed by atoms with van der Waals surface area (Å²) < 4.78 is 12.9. The zero-order valence-electron chi connectivity index (χ0n) is 32.4. The van der Waals surface area contributed by atoms with E-state index in [1.165, 1.54) is 22.7 Å². The molecule has 4 unspecified atom stereocenters. The maximum Gasteiger partial charge on any atom is 0.339 e. The first-order chi connectivity index (χ1) is 29.2. The first-order valence-corrected chi connectivity index (χ1v) is 22.1. The summed E-state index contributed by atoms with van der Waals surface area (Å²) >= 11 is 2.43. The number of nitrogens with zero attached hydrogens (tertiary/aromatic N) is 2. The van der Waals surface area contributed by atoms with E-state index >= 15 is 0 Å². The van der Waals surface area contributed by atoms with Crippen LogP contribution in [0.2, 0.25) is 0 Å². The molecule has 4 aliphatic rings. The maximum atomic E-state index is 14.1. The Morgan fingerprint density at radius 2 is 0.850 bits per heavy atom. The molecule has 10 nitrogen and oxygen atoms in total. The molecule has 300 valence electrons. The van der Waals surface area contributed by atoms with E-state index in [-0.39, 0.29) is 82.6 Å². The Morgan fingerprint density at radius 3 is 1.20 bits per heavy atom. The molecule has 10 rings (SSSR count).